The van der Waals surface area contributed by atoms with E-state index in [1.54, 1.807) is 18.0 Å². The monoisotopic (exact) mass is 240 g/mol. The van der Waals surface area contributed by atoms with Gasteiger partial charge in [0.2, 0.25) is 11.7 Å². The van der Waals surface area contributed by atoms with Gasteiger partial charge in [-0.25, -0.2) is 4.79 Å². The molecule has 0 aliphatic rings. The number of carboxylic acids is 1. The fourth-order valence-corrected chi connectivity index (χ4v) is 1.49. The average Bonchev–Trinajstić information content (AvgIpc) is 2.65. The number of hydrogen-bond acceptors (Lipinski definition) is 4. The maximum Gasteiger partial charge on any atom is 0.372 e. The van der Waals surface area contributed by atoms with E-state index in [0.717, 1.165) is 0 Å². The van der Waals surface area contributed by atoms with Crippen LogP contribution in [0.15, 0.2) is 16.7 Å². The molecule has 0 radical (unpaired) electrons. The van der Waals surface area contributed by atoms with Crippen LogP contribution in [0, 0.1) is 0 Å². The van der Waals surface area contributed by atoms with Crippen LogP contribution >= 0.6 is 0 Å². The molecule has 6 nitrogen and oxygen atoms in total. The van der Waals surface area contributed by atoms with E-state index in [2.05, 4.69) is 5.32 Å². The average molecular weight is 240 g/mol. The van der Waals surface area contributed by atoms with Gasteiger partial charge in [-0.15, -0.1) is 0 Å². The quantitative estimate of drug-likeness (QED) is 0.758. The zero-order valence-corrected chi connectivity index (χ0v) is 9.90. The zero-order chi connectivity index (χ0) is 12.8. The summed E-state index contributed by atoms with van der Waals surface area (Å²) in [6, 6.07) is 1.59. The van der Waals surface area contributed by atoms with Crippen LogP contribution < -0.4 is 5.32 Å². The smallest absolute Gasteiger partial charge is 0.372 e. The van der Waals surface area contributed by atoms with E-state index < -0.39 is 5.97 Å². The first-order valence-corrected chi connectivity index (χ1v) is 5.29. The van der Waals surface area contributed by atoms with Gasteiger partial charge >= 0.3 is 5.97 Å². The SMILES string of the molecule is CCNC(=O)CN(C)Cc1ccoc1C(=O)O. The molecule has 1 rings (SSSR count). The Balaban J connectivity index is 2.56. The van der Waals surface area contributed by atoms with Crippen molar-refractivity contribution in [1.82, 2.24) is 10.2 Å². The van der Waals surface area contributed by atoms with Gasteiger partial charge in [-0.2, -0.15) is 0 Å². The predicted octanol–water partition coefficient (Wildman–Crippen LogP) is 0.546. The van der Waals surface area contributed by atoms with Crippen molar-refractivity contribution < 1.29 is 19.1 Å². The van der Waals surface area contributed by atoms with Gasteiger partial charge in [0, 0.05) is 18.7 Å². The highest BCUT2D eigenvalue weighted by Crippen LogP contribution is 2.12. The molecule has 94 valence electrons. The molecule has 0 spiro atoms. The molecule has 0 aromatic carbocycles. The molecule has 0 saturated carbocycles. The number of nitrogens with zero attached hydrogens (tertiary/aromatic N) is 1. The summed E-state index contributed by atoms with van der Waals surface area (Å²) in [4.78, 5) is 23.8. The Bertz CT molecular complexity index is 400. The van der Waals surface area contributed by atoms with Gasteiger partial charge in [-0.3, -0.25) is 9.69 Å². The molecule has 2 N–H and O–H groups in total. The number of carbonyl (C=O) groups excluding carboxylic acids is 1. The van der Waals surface area contributed by atoms with Crippen LogP contribution in [-0.4, -0.2) is 42.0 Å². The van der Waals surface area contributed by atoms with Crippen molar-refractivity contribution in [2.24, 2.45) is 0 Å². The topological polar surface area (TPSA) is 82.8 Å². The summed E-state index contributed by atoms with van der Waals surface area (Å²) in [6.07, 6.45) is 1.33. The van der Waals surface area contributed by atoms with Crippen LogP contribution in [0.2, 0.25) is 0 Å². The molecule has 0 fully saturated rings. The van der Waals surface area contributed by atoms with Crippen LogP contribution in [0.3, 0.4) is 0 Å². The number of aromatic carboxylic acids is 1. The minimum absolute atomic E-state index is 0.0762. The van der Waals surface area contributed by atoms with Gasteiger partial charge in [-0.1, -0.05) is 0 Å². The number of rotatable bonds is 6. The normalized spacial score (nSPS) is 10.5. The van der Waals surface area contributed by atoms with Crippen LogP contribution in [0.1, 0.15) is 23.0 Å². The number of carbonyl (C=O) groups is 2. The van der Waals surface area contributed by atoms with Gasteiger partial charge in [-0.05, 0) is 20.0 Å². The Morgan fingerprint density at radius 2 is 2.24 bits per heavy atom. The summed E-state index contributed by atoms with van der Waals surface area (Å²) in [5.41, 5.74) is 0.560. The first-order chi connectivity index (χ1) is 8.04. The van der Waals surface area contributed by atoms with Gasteiger partial charge < -0.3 is 14.8 Å². The molecular formula is C11H16N2O4. The third-order valence-corrected chi connectivity index (χ3v) is 2.17. The molecule has 1 heterocycles. The number of hydrogen-bond donors (Lipinski definition) is 2. The summed E-state index contributed by atoms with van der Waals surface area (Å²) in [5.74, 6) is -1.26. The molecule has 1 amide bonds. The fourth-order valence-electron chi connectivity index (χ4n) is 1.49. The van der Waals surface area contributed by atoms with Gasteiger partial charge in [0.05, 0.1) is 12.8 Å². The lowest BCUT2D eigenvalue weighted by molar-refractivity contribution is -0.121. The number of nitrogens with one attached hydrogen (secondary N) is 1. The van der Waals surface area contributed by atoms with Crippen molar-refractivity contribution in [1.29, 1.82) is 0 Å². The molecule has 1 aromatic rings. The standard InChI is InChI=1S/C11H16N2O4/c1-3-12-9(14)7-13(2)6-8-4-5-17-10(8)11(15)16/h4-5H,3,6-7H2,1-2H3,(H,12,14)(H,15,16). The molecule has 0 atom stereocenters. The first kappa shape index (κ1) is 13.2. The Hall–Kier alpha value is -1.82. The molecular weight excluding hydrogens is 224 g/mol. The van der Waals surface area contributed by atoms with Crippen LogP contribution in [0.25, 0.3) is 0 Å². The van der Waals surface area contributed by atoms with Crippen molar-refractivity contribution in [2.45, 2.75) is 13.5 Å². The van der Waals surface area contributed by atoms with Gasteiger partial charge in [0.15, 0.2) is 0 Å². The summed E-state index contributed by atoms with van der Waals surface area (Å²) in [5, 5.41) is 11.5. The zero-order valence-electron chi connectivity index (χ0n) is 9.90. The Morgan fingerprint density at radius 3 is 2.82 bits per heavy atom. The van der Waals surface area contributed by atoms with Crippen LogP contribution in [0.4, 0.5) is 0 Å². The van der Waals surface area contributed by atoms with Crippen molar-refractivity contribution in [2.75, 3.05) is 20.1 Å². The van der Waals surface area contributed by atoms with E-state index in [1.807, 2.05) is 6.92 Å². The van der Waals surface area contributed by atoms with E-state index in [0.29, 0.717) is 18.7 Å². The molecule has 0 aliphatic heterocycles. The van der Waals surface area contributed by atoms with E-state index in [9.17, 15) is 9.59 Å². The Kier molecular flexibility index (Phi) is 4.71. The first-order valence-electron chi connectivity index (χ1n) is 5.29. The second kappa shape index (κ2) is 6.05. The third-order valence-electron chi connectivity index (χ3n) is 2.17. The molecule has 0 saturated heterocycles. The van der Waals surface area contributed by atoms with Crippen LogP contribution in [0.5, 0.6) is 0 Å². The molecule has 17 heavy (non-hydrogen) atoms. The van der Waals surface area contributed by atoms with Crippen LogP contribution in [-0.2, 0) is 11.3 Å². The van der Waals surface area contributed by atoms with E-state index in [-0.39, 0.29) is 18.2 Å². The second-order valence-electron chi connectivity index (χ2n) is 3.71. The van der Waals surface area contributed by atoms with Crippen molar-refractivity contribution in [3.05, 3.63) is 23.7 Å². The number of carboxylic acid groups (broad SMARTS) is 1. The Morgan fingerprint density at radius 1 is 1.53 bits per heavy atom. The van der Waals surface area contributed by atoms with Crippen molar-refractivity contribution >= 4 is 11.9 Å². The molecule has 1 aromatic heterocycles. The molecule has 0 aliphatic carbocycles. The lowest BCUT2D eigenvalue weighted by Gasteiger charge is -2.15. The highest BCUT2D eigenvalue weighted by Gasteiger charge is 2.16. The summed E-state index contributed by atoms with van der Waals surface area (Å²) in [6.45, 7) is 3.00. The van der Waals surface area contributed by atoms with E-state index in [4.69, 9.17) is 9.52 Å². The van der Waals surface area contributed by atoms with E-state index in [1.165, 1.54) is 6.26 Å². The maximum absolute atomic E-state index is 11.3. The third kappa shape index (κ3) is 3.92. The number of furan rings is 1. The highest BCUT2D eigenvalue weighted by molar-refractivity contribution is 5.86. The lowest BCUT2D eigenvalue weighted by Crippen LogP contribution is -2.34. The fraction of sp³-hybridized carbons (Fsp3) is 0.455. The van der Waals surface area contributed by atoms with Gasteiger partial charge in [0.1, 0.15) is 0 Å². The summed E-state index contributed by atoms with van der Waals surface area (Å²) < 4.78 is 4.85. The number of amides is 1. The summed E-state index contributed by atoms with van der Waals surface area (Å²) in [7, 11) is 1.74. The minimum Gasteiger partial charge on any atom is -0.475 e. The lowest BCUT2D eigenvalue weighted by atomic mass is 10.2. The van der Waals surface area contributed by atoms with Crippen molar-refractivity contribution in [3.63, 3.8) is 0 Å². The molecule has 6 heteroatoms. The predicted molar refractivity (Wildman–Crippen MR) is 60.7 cm³/mol. The second-order valence-corrected chi connectivity index (χ2v) is 3.71. The molecule has 0 bridgehead atoms. The largest absolute Gasteiger partial charge is 0.475 e. The maximum atomic E-state index is 11.3. The molecule has 0 unspecified atom stereocenters. The number of likely N-dealkylation sites (N-methyl/N-ethyl adjacent to an activating group) is 2. The van der Waals surface area contributed by atoms with Gasteiger partial charge in [0.25, 0.3) is 0 Å². The van der Waals surface area contributed by atoms with Crippen molar-refractivity contribution in [3.8, 4) is 0 Å². The van der Waals surface area contributed by atoms with E-state index >= 15 is 0 Å². The Labute approximate surface area is 99.2 Å². The highest BCUT2D eigenvalue weighted by atomic mass is 16.4. The summed E-state index contributed by atoms with van der Waals surface area (Å²) >= 11 is 0. The minimum atomic E-state index is -1.10.